The van der Waals surface area contributed by atoms with Crippen molar-refractivity contribution in [3.8, 4) is 0 Å². The molecule has 7 rings (SSSR count). The monoisotopic (exact) mass is 1580 g/mol. The lowest BCUT2D eigenvalue weighted by Gasteiger charge is -2.32. The number of nitrogens with two attached hydrogens (primary N) is 6. The number of nitrogens with one attached hydrogen (secondary N) is 9. The predicted molar refractivity (Wildman–Crippen MR) is 431 cm³/mol. The largest absolute Gasteiger partial charge is 0.481 e. The van der Waals surface area contributed by atoms with Gasteiger partial charge in [0.25, 0.3) is 0 Å². The van der Waals surface area contributed by atoms with Crippen molar-refractivity contribution in [3.63, 3.8) is 0 Å². The van der Waals surface area contributed by atoms with Crippen LogP contribution in [0, 0.1) is 5.92 Å². The third-order valence-corrected chi connectivity index (χ3v) is 20.6. The first-order valence-electron chi connectivity index (χ1n) is 39.7. The van der Waals surface area contributed by atoms with Gasteiger partial charge < -0.3 is 107 Å². The molecule has 622 valence electrons. The number of aromatic nitrogens is 2. The number of pyridine rings is 1. The van der Waals surface area contributed by atoms with Crippen LogP contribution in [0.25, 0.3) is 32.7 Å². The number of hydrogen-bond acceptors (Lipinski definition) is 17. The van der Waals surface area contributed by atoms with Crippen molar-refractivity contribution in [1.29, 1.82) is 0 Å². The average molecular weight is 1590 g/mol. The van der Waals surface area contributed by atoms with Crippen LogP contribution >= 0.6 is 0 Å². The number of aliphatic imine (C=N–C) groups is 2. The number of aryl methyl sites for hydroxylation is 1. The lowest BCUT2D eigenvalue weighted by molar-refractivity contribution is -0.145. The van der Waals surface area contributed by atoms with Crippen LogP contribution < -0.4 is 82.4 Å². The summed E-state index contributed by atoms with van der Waals surface area (Å²) in [5.74, 6) is -11.0. The Morgan fingerprint density at radius 1 is 0.500 bits per heavy atom. The molecular formula is C79H116N20O15. The van der Waals surface area contributed by atoms with E-state index in [2.05, 4.69) is 62.1 Å². The number of hydrogen-bond donors (Lipinski definition) is 17. The Hall–Kier alpha value is -11.2. The van der Waals surface area contributed by atoms with Crippen molar-refractivity contribution in [2.45, 2.75) is 235 Å². The van der Waals surface area contributed by atoms with Gasteiger partial charge in [0.05, 0.1) is 11.0 Å². The molecule has 0 unspecified atom stereocenters. The fourth-order valence-electron chi connectivity index (χ4n) is 14.6. The van der Waals surface area contributed by atoms with E-state index >= 15 is 0 Å². The van der Waals surface area contributed by atoms with Crippen molar-refractivity contribution >= 4 is 116 Å². The molecule has 2 aliphatic heterocycles. The summed E-state index contributed by atoms with van der Waals surface area (Å²) in [4.78, 5) is 197. The number of fused-ring (bicyclic) bond motifs is 3. The lowest BCUT2D eigenvalue weighted by Crippen LogP contribution is -2.61. The second kappa shape index (κ2) is 45.5. The number of benzene rings is 3. The van der Waals surface area contributed by atoms with Crippen molar-refractivity contribution in [2.24, 2.45) is 50.3 Å². The smallest absolute Gasteiger partial charge is 0.326 e. The van der Waals surface area contributed by atoms with E-state index in [0.717, 1.165) is 11.0 Å². The van der Waals surface area contributed by atoms with Gasteiger partial charge >= 0.3 is 11.9 Å². The Labute approximate surface area is 662 Å². The number of rotatable bonds is 48. The van der Waals surface area contributed by atoms with Gasteiger partial charge in [-0.25, -0.2) is 4.79 Å². The molecule has 0 spiro atoms. The summed E-state index contributed by atoms with van der Waals surface area (Å²) in [5.41, 5.74) is 36.7. The van der Waals surface area contributed by atoms with Gasteiger partial charge in [-0.2, -0.15) is 0 Å². The quantitative estimate of drug-likeness (QED) is 0.0112. The molecule has 2 aliphatic rings. The molecule has 4 heterocycles. The van der Waals surface area contributed by atoms with E-state index in [1.165, 1.54) is 9.80 Å². The number of carbonyl (C=O) groups excluding carboxylic acids is 10. The summed E-state index contributed by atoms with van der Waals surface area (Å²) in [5, 5.41) is 43.6. The van der Waals surface area contributed by atoms with Crippen LogP contribution in [0.1, 0.15) is 168 Å². The van der Waals surface area contributed by atoms with Gasteiger partial charge in [-0.05, 0) is 170 Å². The van der Waals surface area contributed by atoms with Gasteiger partial charge in [-0.3, -0.25) is 67.5 Å². The van der Waals surface area contributed by atoms with E-state index in [4.69, 9.17) is 34.4 Å². The number of likely N-dealkylation sites (tertiary alicyclic amines) is 2. The SMILES string of the molecule is CCC[C@H](NC(=O)[C@H](CCC(=O)O)NC(=O)[C@@H](NC(=O)[C@@H]1CCCN1C(=O)[C@H](CCCCN)NC(=O)[C@@H]1CCCN1C(=O)[C@H](CCCN=C(N)N)NC(=O)CCCCCn1c2ccccc2c(=O)c2ccccc21)C(C)C)C(=O)N[C@@H](Cc1c[nH]c2ccccc12)C(=O)N[C@@H](CCCN=C(N)N)C(=O)N[C@@H](CCCCN)C(=O)O. The maximum atomic E-state index is 14.9. The first kappa shape index (κ1) is 90.0. The summed E-state index contributed by atoms with van der Waals surface area (Å²) in [6.45, 7) is 6.55. The molecule has 10 amide bonds. The molecule has 2 aromatic heterocycles. The number of H-pyrrole nitrogens is 1. The fourth-order valence-corrected chi connectivity index (χ4v) is 14.6. The molecule has 3 aromatic carbocycles. The third kappa shape index (κ3) is 26.4. The molecule has 35 heteroatoms. The minimum Gasteiger partial charge on any atom is -0.481 e. The van der Waals surface area contributed by atoms with Gasteiger partial charge in [0.1, 0.15) is 60.4 Å². The highest BCUT2D eigenvalue weighted by molar-refractivity contribution is 6.00. The summed E-state index contributed by atoms with van der Waals surface area (Å²) in [6.07, 6.45) is 6.03. The number of unbranched alkanes of at least 4 members (excludes halogenated alkanes) is 4. The third-order valence-electron chi connectivity index (χ3n) is 20.6. The summed E-state index contributed by atoms with van der Waals surface area (Å²) < 4.78 is 2.12. The number of para-hydroxylation sites is 3. The van der Waals surface area contributed by atoms with Crippen LogP contribution in [-0.2, 0) is 70.5 Å². The van der Waals surface area contributed by atoms with Gasteiger partial charge in [-0.15, -0.1) is 0 Å². The Balaban J connectivity index is 1.02. The number of aliphatic carboxylic acids is 2. The molecule has 0 aliphatic carbocycles. The molecule has 23 N–H and O–H groups in total. The number of carboxylic acids is 2. The van der Waals surface area contributed by atoms with Crippen LogP contribution in [0.4, 0.5) is 0 Å². The molecule has 0 radical (unpaired) electrons. The molecule has 114 heavy (non-hydrogen) atoms. The summed E-state index contributed by atoms with van der Waals surface area (Å²) >= 11 is 0. The van der Waals surface area contributed by atoms with Gasteiger partial charge in [0, 0.05) is 79.9 Å². The van der Waals surface area contributed by atoms with Crippen molar-refractivity contribution in [3.05, 3.63) is 94.8 Å². The Kier molecular flexibility index (Phi) is 35.9. The van der Waals surface area contributed by atoms with Gasteiger partial charge in [0.15, 0.2) is 17.3 Å². The van der Waals surface area contributed by atoms with Crippen molar-refractivity contribution in [1.82, 2.24) is 61.9 Å². The Bertz CT molecular complexity index is 4210. The van der Waals surface area contributed by atoms with E-state index in [1.54, 1.807) is 51.2 Å². The molecule has 10 atom stereocenters. The van der Waals surface area contributed by atoms with E-state index in [9.17, 15) is 72.5 Å². The average Bonchev–Trinajstić information content (AvgIpc) is 1.07. The maximum absolute atomic E-state index is 14.9. The number of nitrogens with zero attached hydrogens (tertiary/aromatic N) is 5. The number of carboxylic acid groups (broad SMARTS) is 2. The highest BCUT2D eigenvalue weighted by Gasteiger charge is 2.43. The predicted octanol–water partition coefficient (Wildman–Crippen LogP) is 1.07. The highest BCUT2D eigenvalue weighted by atomic mass is 16.4. The van der Waals surface area contributed by atoms with E-state index < -0.39 is 144 Å². The van der Waals surface area contributed by atoms with Crippen LogP contribution in [0.2, 0.25) is 0 Å². The normalized spacial score (nSPS) is 16.1. The van der Waals surface area contributed by atoms with Crippen molar-refractivity contribution < 1.29 is 67.7 Å². The zero-order valence-corrected chi connectivity index (χ0v) is 65.5. The summed E-state index contributed by atoms with van der Waals surface area (Å²) in [6, 6.07) is 8.96. The number of aromatic amines is 1. The molecule has 0 saturated carbocycles. The number of amides is 10. The van der Waals surface area contributed by atoms with E-state index in [0.29, 0.717) is 98.0 Å². The first-order chi connectivity index (χ1) is 54.7. The van der Waals surface area contributed by atoms with Crippen molar-refractivity contribution in [2.75, 3.05) is 39.3 Å². The number of carbonyl (C=O) groups is 12. The maximum Gasteiger partial charge on any atom is 0.326 e. The second-order valence-corrected chi connectivity index (χ2v) is 29.5. The van der Waals surface area contributed by atoms with Gasteiger partial charge in [-0.1, -0.05) is 76.1 Å². The molecule has 35 nitrogen and oxygen atoms in total. The minimum atomic E-state index is -1.63. The first-order valence-corrected chi connectivity index (χ1v) is 39.7. The van der Waals surface area contributed by atoms with E-state index in [1.807, 2.05) is 48.5 Å². The number of guanidine groups is 2. The fraction of sp³-hybridized carbons (Fsp3) is 0.557. The van der Waals surface area contributed by atoms with E-state index in [-0.39, 0.29) is 133 Å². The van der Waals surface area contributed by atoms with Crippen LogP contribution in [-0.4, -0.2) is 212 Å². The molecule has 5 aromatic rings. The molecular weight excluding hydrogens is 1470 g/mol. The zero-order chi connectivity index (χ0) is 83.0. The molecule has 2 fully saturated rings. The zero-order valence-electron chi connectivity index (χ0n) is 65.5. The minimum absolute atomic E-state index is 0.0385. The summed E-state index contributed by atoms with van der Waals surface area (Å²) in [7, 11) is 0. The topological polar surface area (TPSA) is 567 Å². The Morgan fingerprint density at radius 2 is 0.965 bits per heavy atom. The lowest BCUT2D eigenvalue weighted by atomic mass is 10.0. The highest BCUT2D eigenvalue weighted by Crippen LogP contribution is 2.26. The van der Waals surface area contributed by atoms with Crippen LogP contribution in [0.15, 0.2) is 93.8 Å². The van der Waals surface area contributed by atoms with Crippen LogP contribution in [0.5, 0.6) is 0 Å². The molecule has 0 bridgehead atoms. The second-order valence-electron chi connectivity index (χ2n) is 29.5. The van der Waals surface area contributed by atoms with Crippen LogP contribution in [0.3, 0.4) is 0 Å². The Morgan fingerprint density at radius 3 is 1.50 bits per heavy atom. The van der Waals surface area contributed by atoms with Gasteiger partial charge in [0.2, 0.25) is 59.1 Å². The standard InChI is InChI=1S/C79H116N20O15/c1-4-22-53(68(104)95-59(45-48-46-88-52-26-10-7-23-49(48)52)71(107)91-54(29-18-40-86-78(82)83)69(105)94-58(77(113)114)28-14-16-39-81)90-70(106)55(36-37-65(101)102)92-74(110)66(47(2)3)96-73(109)63-34-21-44-99(63)76(112)57(27-13-15-38-80)93-72(108)62-33-20-43-98(62)75(111)56(30-19-41-87-79(84)85)89-64(100)35-6-5-17-42-97-60-31-11-8-24-50(60)67(103)51-25-9-12-32-61(51)97/h7-12,23-26,31-32,46-47,53-59,62-63,66,88H,4-6,13-22,27-30,33-45,80-81H2,1-3H3,(H,89,100)(H,90,106)(H,91,107)(H,92,110)(H,93,108)(H,94,105)(H,95,104)(H,96,109)(H,101,102)(H,113,114)(H4,82,83,86)(H4,84,85,87)/t53-,54-,55-,56-,57-,58-,59-,62-,63-,66-/m0/s1. The molecule has 2 saturated heterocycles.